The van der Waals surface area contributed by atoms with Crippen LogP contribution in [0.1, 0.15) is 11.1 Å². The number of halogens is 1. The summed E-state index contributed by atoms with van der Waals surface area (Å²) >= 11 is 1.22. The lowest BCUT2D eigenvalue weighted by Crippen LogP contribution is -2.28. The van der Waals surface area contributed by atoms with Gasteiger partial charge in [0.15, 0.2) is 0 Å². The summed E-state index contributed by atoms with van der Waals surface area (Å²) in [5, 5.41) is 18.5. The van der Waals surface area contributed by atoms with Crippen molar-refractivity contribution in [3.63, 3.8) is 0 Å². The molecule has 0 atom stereocenters. The Kier molecular flexibility index (Phi) is 5.61. The fourth-order valence-corrected chi connectivity index (χ4v) is 2.83. The average molecular weight is 330 g/mol. The Morgan fingerprint density at radius 3 is 2.78 bits per heavy atom. The highest BCUT2D eigenvalue weighted by Crippen LogP contribution is 2.27. The predicted molar refractivity (Wildman–Crippen MR) is 86.4 cm³/mol. The highest BCUT2D eigenvalue weighted by atomic mass is 32.2. The van der Waals surface area contributed by atoms with Crippen molar-refractivity contribution in [1.82, 2.24) is 4.90 Å². The third-order valence-corrected chi connectivity index (χ3v) is 4.27. The van der Waals surface area contributed by atoms with Crippen molar-refractivity contribution in [2.45, 2.75) is 11.4 Å². The number of para-hydroxylation sites is 1. The lowest BCUT2D eigenvalue weighted by molar-refractivity contribution is -0.127. The molecule has 0 unspecified atom stereocenters. The van der Waals surface area contributed by atoms with Crippen molar-refractivity contribution in [2.24, 2.45) is 0 Å². The Hall–Kier alpha value is -2.52. The van der Waals surface area contributed by atoms with Crippen LogP contribution in [0.3, 0.4) is 0 Å². The van der Waals surface area contributed by atoms with E-state index in [9.17, 15) is 14.3 Å². The summed E-state index contributed by atoms with van der Waals surface area (Å²) in [6.45, 7) is 0.0848. The molecule has 6 heteroatoms. The second kappa shape index (κ2) is 7.65. The largest absolute Gasteiger partial charge is 0.507 e. The van der Waals surface area contributed by atoms with Gasteiger partial charge >= 0.3 is 0 Å². The monoisotopic (exact) mass is 330 g/mol. The number of aromatic hydroxyl groups is 1. The van der Waals surface area contributed by atoms with Gasteiger partial charge in [0.05, 0.1) is 17.4 Å². The summed E-state index contributed by atoms with van der Waals surface area (Å²) in [6.07, 6.45) is 0. The summed E-state index contributed by atoms with van der Waals surface area (Å²) in [6, 6.07) is 12.8. The van der Waals surface area contributed by atoms with Crippen LogP contribution in [0.2, 0.25) is 0 Å². The number of nitrogens with zero attached hydrogens (tertiary/aromatic N) is 2. The first kappa shape index (κ1) is 16.8. The molecular weight excluding hydrogens is 315 g/mol. The van der Waals surface area contributed by atoms with Gasteiger partial charge in [0, 0.05) is 24.1 Å². The quantitative estimate of drug-likeness (QED) is 0.855. The van der Waals surface area contributed by atoms with Crippen molar-refractivity contribution in [3.8, 4) is 11.8 Å². The summed E-state index contributed by atoms with van der Waals surface area (Å²) in [4.78, 5) is 14.1. The van der Waals surface area contributed by atoms with Crippen molar-refractivity contribution < 1.29 is 14.3 Å². The third-order valence-electron chi connectivity index (χ3n) is 3.22. The van der Waals surface area contributed by atoms with E-state index in [1.807, 2.05) is 6.07 Å². The number of rotatable bonds is 5. The van der Waals surface area contributed by atoms with Crippen LogP contribution in [-0.4, -0.2) is 28.7 Å². The van der Waals surface area contributed by atoms with Gasteiger partial charge in [-0.25, -0.2) is 4.39 Å². The van der Waals surface area contributed by atoms with Gasteiger partial charge in [-0.15, -0.1) is 11.8 Å². The minimum absolute atomic E-state index is 0.0848. The molecule has 2 aromatic rings. The molecule has 0 aliphatic carbocycles. The lowest BCUT2D eigenvalue weighted by Gasteiger charge is -2.17. The molecule has 1 amide bonds. The normalized spacial score (nSPS) is 10.1. The zero-order chi connectivity index (χ0) is 16.8. The fourth-order valence-electron chi connectivity index (χ4n) is 1.94. The van der Waals surface area contributed by atoms with Crippen molar-refractivity contribution in [1.29, 1.82) is 5.26 Å². The average Bonchev–Trinajstić information content (AvgIpc) is 2.55. The van der Waals surface area contributed by atoms with Crippen molar-refractivity contribution in [3.05, 3.63) is 59.4 Å². The second-order valence-corrected chi connectivity index (χ2v) is 5.94. The van der Waals surface area contributed by atoms with Gasteiger partial charge in [0.1, 0.15) is 11.6 Å². The van der Waals surface area contributed by atoms with E-state index in [1.165, 1.54) is 34.9 Å². The first-order valence-corrected chi connectivity index (χ1v) is 7.83. The van der Waals surface area contributed by atoms with Crippen LogP contribution in [-0.2, 0) is 11.3 Å². The molecule has 0 radical (unpaired) electrons. The molecule has 0 aromatic heterocycles. The number of phenolic OH excluding ortho intramolecular Hbond substituents is 1. The Morgan fingerprint density at radius 1 is 1.35 bits per heavy atom. The van der Waals surface area contributed by atoms with Crippen molar-refractivity contribution >= 4 is 17.7 Å². The number of nitriles is 1. The molecule has 0 fully saturated rings. The number of thioether (sulfide) groups is 1. The summed E-state index contributed by atoms with van der Waals surface area (Å²) < 4.78 is 13.7. The Morgan fingerprint density at radius 2 is 2.09 bits per heavy atom. The smallest absolute Gasteiger partial charge is 0.232 e. The summed E-state index contributed by atoms with van der Waals surface area (Å²) in [5.74, 6) is -0.383. The molecular formula is C17H15FN2O2S. The third kappa shape index (κ3) is 4.47. The van der Waals surface area contributed by atoms with E-state index in [4.69, 9.17) is 5.26 Å². The van der Waals surface area contributed by atoms with Gasteiger partial charge < -0.3 is 10.0 Å². The Balaban J connectivity index is 1.98. The molecule has 0 heterocycles. The van der Waals surface area contributed by atoms with Crippen LogP contribution in [0.25, 0.3) is 0 Å². The molecule has 1 N–H and O–H groups in total. The number of carbonyl (C=O) groups is 1. The first-order chi connectivity index (χ1) is 11.0. The number of carbonyl (C=O) groups excluding carboxylic acids is 1. The summed E-state index contributed by atoms with van der Waals surface area (Å²) in [5.41, 5.74) is 0.651. The highest BCUT2D eigenvalue weighted by Gasteiger charge is 2.13. The van der Waals surface area contributed by atoms with Gasteiger partial charge in [0.2, 0.25) is 5.91 Å². The summed E-state index contributed by atoms with van der Waals surface area (Å²) in [7, 11) is 1.58. The molecule has 23 heavy (non-hydrogen) atoms. The van der Waals surface area contributed by atoms with Crippen LogP contribution in [0.15, 0.2) is 47.4 Å². The number of phenols is 1. The highest BCUT2D eigenvalue weighted by molar-refractivity contribution is 8.00. The molecule has 0 bridgehead atoms. The first-order valence-electron chi connectivity index (χ1n) is 6.84. The van der Waals surface area contributed by atoms with Gasteiger partial charge in [-0.3, -0.25) is 4.79 Å². The minimum atomic E-state index is -0.447. The predicted octanol–water partition coefficient (Wildman–Crippen LogP) is 3.15. The second-order valence-electron chi connectivity index (χ2n) is 4.92. The van der Waals surface area contributed by atoms with Crippen LogP contribution in [0.5, 0.6) is 5.75 Å². The van der Waals surface area contributed by atoms with E-state index < -0.39 is 5.82 Å². The minimum Gasteiger partial charge on any atom is -0.507 e. The van der Waals surface area contributed by atoms with Gasteiger partial charge in [0.25, 0.3) is 0 Å². The van der Waals surface area contributed by atoms with Crippen LogP contribution < -0.4 is 0 Å². The van der Waals surface area contributed by atoms with Crippen LogP contribution in [0.4, 0.5) is 4.39 Å². The lowest BCUT2D eigenvalue weighted by atomic mass is 10.1. The van der Waals surface area contributed by atoms with E-state index in [0.717, 1.165) is 0 Å². The van der Waals surface area contributed by atoms with E-state index >= 15 is 0 Å². The van der Waals surface area contributed by atoms with E-state index in [1.54, 1.807) is 31.3 Å². The van der Waals surface area contributed by atoms with Gasteiger partial charge in [-0.05, 0) is 30.3 Å². The number of hydrogen-bond acceptors (Lipinski definition) is 4. The zero-order valence-corrected chi connectivity index (χ0v) is 13.3. The molecule has 0 aliphatic rings. The maximum Gasteiger partial charge on any atom is 0.232 e. The maximum absolute atomic E-state index is 13.7. The molecule has 0 spiro atoms. The molecule has 2 rings (SSSR count). The number of benzene rings is 2. The van der Waals surface area contributed by atoms with Crippen LogP contribution >= 0.6 is 11.8 Å². The molecule has 0 aliphatic heterocycles. The topological polar surface area (TPSA) is 64.3 Å². The van der Waals surface area contributed by atoms with Gasteiger partial charge in [-0.2, -0.15) is 5.26 Å². The van der Waals surface area contributed by atoms with E-state index in [0.29, 0.717) is 16.0 Å². The van der Waals surface area contributed by atoms with E-state index in [2.05, 4.69) is 0 Å². The van der Waals surface area contributed by atoms with Crippen LogP contribution in [0, 0.1) is 17.1 Å². The number of hydrogen-bond donors (Lipinski definition) is 1. The Labute approximate surface area is 138 Å². The molecule has 0 saturated heterocycles. The molecule has 4 nitrogen and oxygen atoms in total. The molecule has 0 saturated carbocycles. The van der Waals surface area contributed by atoms with E-state index in [-0.39, 0.29) is 24.0 Å². The SMILES string of the molecule is CN(Cc1cc(C#N)ccc1F)C(=O)CSc1ccccc1O. The maximum atomic E-state index is 13.7. The molecule has 2 aromatic carbocycles. The fraction of sp³-hybridized carbons (Fsp3) is 0.176. The zero-order valence-electron chi connectivity index (χ0n) is 12.5. The van der Waals surface area contributed by atoms with Crippen molar-refractivity contribution in [2.75, 3.05) is 12.8 Å². The van der Waals surface area contributed by atoms with Gasteiger partial charge in [-0.1, -0.05) is 12.1 Å². The Bertz CT molecular complexity index is 758. The molecule has 118 valence electrons. The standard InChI is InChI=1S/C17H15FN2O2S/c1-20(10-13-8-12(9-19)6-7-14(13)18)17(22)11-23-16-5-3-2-4-15(16)21/h2-8,21H,10-11H2,1H3. The number of amides is 1.